The van der Waals surface area contributed by atoms with Crippen LogP contribution < -0.4 is 0 Å². The van der Waals surface area contributed by atoms with E-state index in [1.165, 1.54) is 12.0 Å². The van der Waals surface area contributed by atoms with Gasteiger partial charge in [-0.05, 0) is 57.9 Å². The minimum absolute atomic E-state index is 0.165. The van der Waals surface area contributed by atoms with Crippen molar-refractivity contribution >= 4 is 6.09 Å². The Kier molecular flexibility index (Phi) is 7.00. The fourth-order valence-corrected chi connectivity index (χ4v) is 4.61. The third-order valence-corrected chi connectivity index (χ3v) is 5.97. The lowest BCUT2D eigenvalue weighted by molar-refractivity contribution is -0.107. The van der Waals surface area contributed by atoms with Crippen LogP contribution in [0.1, 0.15) is 64.4 Å². The summed E-state index contributed by atoms with van der Waals surface area (Å²) in [5.74, 6) is 0. The molecular weight excluding hydrogens is 354 g/mol. The normalized spacial score (nSPS) is 21.6. The van der Waals surface area contributed by atoms with Gasteiger partial charge in [-0.25, -0.2) is 4.79 Å². The van der Waals surface area contributed by atoms with Crippen LogP contribution in [-0.4, -0.2) is 48.7 Å². The van der Waals surface area contributed by atoms with Crippen molar-refractivity contribution in [2.45, 2.75) is 82.6 Å². The molecule has 1 amide bonds. The van der Waals surface area contributed by atoms with Gasteiger partial charge in [-0.15, -0.1) is 0 Å². The van der Waals surface area contributed by atoms with E-state index in [-0.39, 0.29) is 17.7 Å². The summed E-state index contributed by atoms with van der Waals surface area (Å²) in [4.78, 5) is 15.3. The lowest BCUT2D eigenvalue weighted by Crippen LogP contribution is -2.57. The van der Waals surface area contributed by atoms with Crippen molar-refractivity contribution in [1.82, 2.24) is 4.90 Å². The van der Waals surface area contributed by atoms with Crippen molar-refractivity contribution in [3.05, 3.63) is 35.9 Å². The van der Waals surface area contributed by atoms with Crippen molar-refractivity contribution in [2.75, 3.05) is 20.3 Å². The molecule has 1 heterocycles. The number of carbonyl (C=O) groups is 1. The van der Waals surface area contributed by atoms with Gasteiger partial charge in [-0.3, -0.25) is 4.90 Å². The molecule has 2 fully saturated rings. The molecule has 1 aromatic rings. The molecule has 1 spiro atoms. The first-order chi connectivity index (χ1) is 13.5. The Morgan fingerprint density at radius 2 is 1.89 bits per heavy atom. The van der Waals surface area contributed by atoms with Crippen LogP contribution in [0.5, 0.6) is 0 Å². The molecule has 2 aliphatic rings. The van der Waals surface area contributed by atoms with E-state index in [0.717, 1.165) is 44.9 Å². The number of nitrogens with zero attached hydrogens (tertiary/aromatic N) is 1. The van der Waals surface area contributed by atoms with Gasteiger partial charge in [0.25, 0.3) is 0 Å². The zero-order chi connectivity index (χ0) is 20.0. The highest BCUT2D eigenvalue weighted by Gasteiger charge is 2.55. The molecule has 156 valence electrons. The highest BCUT2D eigenvalue weighted by molar-refractivity contribution is 5.70. The Balaban J connectivity index is 1.73. The molecule has 1 aliphatic carbocycles. The third kappa shape index (κ3) is 4.87. The first kappa shape index (κ1) is 21.1. The maximum absolute atomic E-state index is 13.4. The van der Waals surface area contributed by atoms with Crippen LogP contribution in [0.25, 0.3) is 0 Å². The van der Waals surface area contributed by atoms with Gasteiger partial charge in [0, 0.05) is 20.1 Å². The summed E-state index contributed by atoms with van der Waals surface area (Å²) in [5, 5.41) is 0. The average Bonchev–Trinajstić information content (AvgIpc) is 2.93. The molecule has 1 saturated heterocycles. The topological polar surface area (TPSA) is 48.0 Å². The van der Waals surface area contributed by atoms with Gasteiger partial charge in [-0.2, -0.15) is 0 Å². The fourth-order valence-electron chi connectivity index (χ4n) is 4.61. The molecule has 0 radical (unpaired) electrons. The Labute approximate surface area is 169 Å². The second-order valence-electron chi connectivity index (χ2n) is 8.77. The van der Waals surface area contributed by atoms with E-state index in [2.05, 4.69) is 26.0 Å². The van der Waals surface area contributed by atoms with E-state index in [4.69, 9.17) is 14.2 Å². The molecule has 1 aromatic carbocycles. The van der Waals surface area contributed by atoms with Crippen LogP contribution in [0.3, 0.4) is 0 Å². The maximum Gasteiger partial charge on any atom is 0.412 e. The zero-order valence-corrected chi connectivity index (χ0v) is 17.6. The van der Waals surface area contributed by atoms with Crippen molar-refractivity contribution in [3.8, 4) is 0 Å². The van der Waals surface area contributed by atoms with Gasteiger partial charge in [0.2, 0.25) is 0 Å². The fraction of sp³-hybridized carbons (Fsp3) is 0.696. The average molecular weight is 390 g/mol. The van der Waals surface area contributed by atoms with Crippen LogP contribution in [0.2, 0.25) is 0 Å². The monoisotopic (exact) mass is 389 g/mol. The molecule has 1 saturated carbocycles. The molecule has 1 aliphatic heterocycles. The maximum atomic E-state index is 13.4. The standard InChI is InChI=1S/C23H35NO4/c1-22(2)18-27-23(14-8-5-9-15-23)24(22)21(25)28-20(13-10-16-26-3)17-19-11-6-4-7-12-19/h4,6-7,11-12,20H,5,8-10,13-18H2,1-3H3/t20-/m1/s1. The number of carbonyl (C=O) groups excluding carboxylic acids is 1. The molecular formula is C23H35NO4. The Morgan fingerprint density at radius 3 is 2.57 bits per heavy atom. The lowest BCUT2D eigenvalue weighted by atomic mass is 9.89. The van der Waals surface area contributed by atoms with Gasteiger partial charge in [0.1, 0.15) is 11.8 Å². The summed E-state index contributed by atoms with van der Waals surface area (Å²) in [5.41, 5.74) is 0.350. The Morgan fingerprint density at radius 1 is 1.18 bits per heavy atom. The zero-order valence-electron chi connectivity index (χ0n) is 17.6. The van der Waals surface area contributed by atoms with Crippen molar-refractivity contribution in [3.63, 3.8) is 0 Å². The number of hydrogen-bond donors (Lipinski definition) is 0. The van der Waals surface area contributed by atoms with Crippen LogP contribution in [0.4, 0.5) is 4.79 Å². The Bertz CT molecular complexity index is 625. The first-order valence-electron chi connectivity index (χ1n) is 10.6. The number of ether oxygens (including phenoxy) is 3. The summed E-state index contributed by atoms with van der Waals surface area (Å²) < 4.78 is 17.5. The van der Waals surface area contributed by atoms with Gasteiger partial charge in [-0.1, -0.05) is 36.8 Å². The molecule has 1 atom stereocenters. The molecule has 0 bridgehead atoms. The van der Waals surface area contributed by atoms with Gasteiger partial charge >= 0.3 is 6.09 Å². The number of rotatable bonds is 7. The van der Waals surface area contributed by atoms with Crippen LogP contribution in [0.15, 0.2) is 30.3 Å². The summed E-state index contributed by atoms with van der Waals surface area (Å²) in [6.07, 6.45) is 7.19. The smallest absolute Gasteiger partial charge is 0.412 e. The minimum atomic E-state index is -0.483. The molecule has 3 rings (SSSR count). The summed E-state index contributed by atoms with van der Waals surface area (Å²) in [6, 6.07) is 10.2. The van der Waals surface area contributed by atoms with E-state index in [0.29, 0.717) is 13.2 Å². The molecule has 28 heavy (non-hydrogen) atoms. The third-order valence-electron chi connectivity index (χ3n) is 5.97. The second kappa shape index (κ2) is 9.27. The quantitative estimate of drug-likeness (QED) is 0.620. The molecule has 0 unspecified atom stereocenters. The molecule has 0 aromatic heterocycles. The molecule has 5 heteroatoms. The Hall–Kier alpha value is -1.59. The minimum Gasteiger partial charge on any atom is -0.446 e. The summed E-state index contributed by atoms with van der Waals surface area (Å²) in [7, 11) is 1.70. The number of hydrogen-bond acceptors (Lipinski definition) is 4. The SMILES string of the molecule is COCCC[C@H](Cc1ccccc1)OC(=O)N1C(C)(C)COC12CCCCC2. The first-order valence-corrected chi connectivity index (χ1v) is 10.6. The van der Waals surface area contributed by atoms with E-state index in [1.807, 2.05) is 23.1 Å². The van der Waals surface area contributed by atoms with E-state index >= 15 is 0 Å². The lowest BCUT2D eigenvalue weighted by Gasteiger charge is -2.43. The predicted molar refractivity (Wildman–Crippen MR) is 109 cm³/mol. The van der Waals surface area contributed by atoms with Crippen LogP contribution in [0, 0.1) is 0 Å². The second-order valence-corrected chi connectivity index (χ2v) is 8.77. The predicted octanol–water partition coefficient (Wildman–Crippen LogP) is 4.93. The van der Waals surface area contributed by atoms with E-state index < -0.39 is 5.72 Å². The van der Waals surface area contributed by atoms with Gasteiger partial charge in [0.05, 0.1) is 12.1 Å². The molecule has 5 nitrogen and oxygen atoms in total. The highest BCUT2D eigenvalue weighted by Crippen LogP contribution is 2.44. The van der Waals surface area contributed by atoms with Crippen molar-refractivity contribution in [1.29, 1.82) is 0 Å². The number of amides is 1. The summed E-state index contributed by atoms with van der Waals surface area (Å²) >= 11 is 0. The largest absolute Gasteiger partial charge is 0.446 e. The highest BCUT2D eigenvalue weighted by atomic mass is 16.6. The van der Waals surface area contributed by atoms with Gasteiger partial charge < -0.3 is 14.2 Å². The van der Waals surface area contributed by atoms with Crippen LogP contribution in [-0.2, 0) is 20.6 Å². The summed E-state index contributed by atoms with van der Waals surface area (Å²) in [6.45, 7) is 5.39. The van der Waals surface area contributed by atoms with E-state index in [1.54, 1.807) is 7.11 Å². The van der Waals surface area contributed by atoms with E-state index in [9.17, 15) is 4.79 Å². The number of benzene rings is 1. The van der Waals surface area contributed by atoms with Crippen LogP contribution >= 0.6 is 0 Å². The van der Waals surface area contributed by atoms with Crippen molar-refractivity contribution in [2.24, 2.45) is 0 Å². The number of methoxy groups -OCH3 is 1. The van der Waals surface area contributed by atoms with Crippen molar-refractivity contribution < 1.29 is 19.0 Å². The van der Waals surface area contributed by atoms with Gasteiger partial charge in [0.15, 0.2) is 0 Å². The molecule has 0 N–H and O–H groups in total.